The molecule has 3 nitrogen and oxygen atoms in total. The van der Waals surface area contributed by atoms with Crippen LogP contribution in [0.25, 0.3) is 0 Å². The van der Waals surface area contributed by atoms with Crippen LogP contribution in [0.2, 0.25) is 0 Å². The second-order valence-corrected chi connectivity index (χ2v) is 4.06. The van der Waals surface area contributed by atoms with E-state index in [-0.39, 0.29) is 6.04 Å². The average Bonchev–Trinajstić information content (AvgIpc) is 2.94. The molecule has 3 rings (SSSR count). The Bertz CT molecular complexity index is 509. The minimum absolute atomic E-state index is 0.201. The third-order valence-electron chi connectivity index (χ3n) is 2.89. The zero-order chi connectivity index (χ0) is 11.0. The summed E-state index contributed by atoms with van der Waals surface area (Å²) in [6.07, 6.45) is 3.61. The van der Waals surface area contributed by atoms with E-state index in [0.717, 1.165) is 11.4 Å². The zero-order valence-electron chi connectivity index (χ0n) is 8.64. The van der Waals surface area contributed by atoms with E-state index < -0.39 is 0 Å². The van der Waals surface area contributed by atoms with Gasteiger partial charge in [0, 0.05) is 11.8 Å². The number of hydrogen-bond donors (Lipinski definition) is 0. The summed E-state index contributed by atoms with van der Waals surface area (Å²) in [5.74, 6) is 1.43. The Hall–Kier alpha value is -1.48. The largest absolute Gasteiger partial charge is 0.491 e. The lowest BCUT2D eigenvalue weighted by molar-refractivity contribution is 0.315. The number of halogens is 1. The van der Waals surface area contributed by atoms with Gasteiger partial charge in [0.2, 0.25) is 0 Å². The summed E-state index contributed by atoms with van der Waals surface area (Å²) in [4.78, 5) is 4.13. The molecular weight excluding hydrogens is 224 g/mol. The highest BCUT2D eigenvalue weighted by Crippen LogP contribution is 2.35. The van der Waals surface area contributed by atoms with Gasteiger partial charge in [0.25, 0.3) is 0 Å². The molecule has 1 unspecified atom stereocenters. The summed E-state index contributed by atoms with van der Waals surface area (Å²) < 4.78 is 7.72. The maximum absolute atomic E-state index is 5.88. The summed E-state index contributed by atoms with van der Waals surface area (Å²) >= 11 is 5.88. The minimum Gasteiger partial charge on any atom is -0.491 e. The van der Waals surface area contributed by atoms with Crippen molar-refractivity contribution in [3.63, 3.8) is 0 Å². The Morgan fingerprint density at radius 1 is 1.44 bits per heavy atom. The van der Waals surface area contributed by atoms with Gasteiger partial charge in [-0.1, -0.05) is 18.2 Å². The number of benzene rings is 1. The van der Waals surface area contributed by atoms with Crippen molar-refractivity contribution in [2.24, 2.45) is 0 Å². The maximum atomic E-state index is 5.88. The van der Waals surface area contributed by atoms with Crippen LogP contribution in [-0.2, 0) is 5.88 Å². The molecule has 1 atom stereocenters. The monoisotopic (exact) mass is 234 g/mol. The quantitative estimate of drug-likeness (QED) is 0.747. The van der Waals surface area contributed by atoms with Crippen molar-refractivity contribution in [3.05, 3.63) is 48.0 Å². The molecule has 2 aromatic rings. The van der Waals surface area contributed by atoms with Crippen LogP contribution in [0.4, 0.5) is 0 Å². The first-order valence-corrected chi connectivity index (χ1v) is 5.72. The van der Waals surface area contributed by atoms with E-state index in [1.807, 2.05) is 24.5 Å². The van der Waals surface area contributed by atoms with Crippen LogP contribution in [0, 0.1) is 0 Å². The lowest BCUT2D eigenvalue weighted by Gasteiger charge is -2.13. The zero-order valence-corrected chi connectivity index (χ0v) is 9.39. The highest BCUT2D eigenvalue weighted by Gasteiger charge is 2.26. The van der Waals surface area contributed by atoms with Gasteiger partial charge < -0.3 is 9.30 Å². The van der Waals surface area contributed by atoms with Gasteiger partial charge in [-0.2, -0.15) is 0 Å². The van der Waals surface area contributed by atoms with E-state index in [2.05, 4.69) is 15.6 Å². The van der Waals surface area contributed by atoms with E-state index in [9.17, 15) is 0 Å². The number of hydrogen-bond acceptors (Lipinski definition) is 2. The SMILES string of the molecule is ClCc1cncn1C1COc2ccccc21. The molecule has 0 saturated heterocycles. The highest BCUT2D eigenvalue weighted by molar-refractivity contribution is 6.16. The van der Waals surface area contributed by atoms with Gasteiger partial charge >= 0.3 is 0 Å². The van der Waals surface area contributed by atoms with Crippen molar-refractivity contribution < 1.29 is 4.74 Å². The lowest BCUT2D eigenvalue weighted by Crippen LogP contribution is -2.13. The minimum atomic E-state index is 0.201. The van der Waals surface area contributed by atoms with E-state index in [4.69, 9.17) is 16.3 Å². The molecule has 1 aromatic carbocycles. The number of imidazole rings is 1. The molecular formula is C12H11ClN2O. The van der Waals surface area contributed by atoms with Crippen LogP contribution in [-0.4, -0.2) is 16.2 Å². The summed E-state index contributed by atoms with van der Waals surface area (Å²) in [7, 11) is 0. The topological polar surface area (TPSA) is 27.1 Å². The summed E-state index contributed by atoms with van der Waals surface area (Å²) in [5, 5.41) is 0. The molecule has 0 saturated carbocycles. The summed E-state index contributed by atoms with van der Waals surface area (Å²) in [6.45, 7) is 0.652. The van der Waals surface area contributed by atoms with Crippen LogP contribution >= 0.6 is 11.6 Å². The maximum Gasteiger partial charge on any atom is 0.124 e. The molecule has 0 amide bonds. The van der Waals surface area contributed by atoms with E-state index >= 15 is 0 Å². The first-order chi connectivity index (χ1) is 7.90. The predicted octanol–water partition coefficient (Wildman–Crippen LogP) is 2.60. The van der Waals surface area contributed by atoms with E-state index in [1.165, 1.54) is 5.56 Å². The van der Waals surface area contributed by atoms with Crippen molar-refractivity contribution in [2.45, 2.75) is 11.9 Å². The van der Waals surface area contributed by atoms with Gasteiger partial charge in [-0.15, -0.1) is 11.6 Å². The Kier molecular flexibility index (Phi) is 2.33. The fourth-order valence-electron chi connectivity index (χ4n) is 2.09. The van der Waals surface area contributed by atoms with Crippen molar-refractivity contribution in [1.29, 1.82) is 0 Å². The molecule has 0 N–H and O–H groups in total. The molecule has 82 valence electrons. The molecule has 1 aromatic heterocycles. The van der Waals surface area contributed by atoms with Crippen LogP contribution in [0.5, 0.6) is 5.75 Å². The molecule has 16 heavy (non-hydrogen) atoms. The van der Waals surface area contributed by atoms with Crippen LogP contribution in [0.1, 0.15) is 17.3 Å². The predicted molar refractivity (Wildman–Crippen MR) is 61.9 cm³/mol. The molecule has 0 radical (unpaired) electrons. The van der Waals surface area contributed by atoms with Gasteiger partial charge in [-0.25, -0.2) is 4.98 Å². The number of para-hydroxylation sites is 1. The molecule has 1 aliphatic rings. The van der Waals surface area contributed by atoms with Gasteiger partial charge in [0.05, 0.1) is 23.9 Å². The molecule has 2 heterocycles. The molecule has 4 heteroatoms. The first kappa shape index (κ1) is 9.73. The number of aromatic nitrogens is 2. The van der Waals surface area contributed by atoms with Crippen LogP contribution in [0.3, 0.4) is 0 Å². The standard InChI is InChI=1S/C12H11ClN2O/c13-5-9-6-14-8-15(9)11-7-16-12-4-2-1-3-10(11)12/h1-4,6,8,11H,5,7H2. The normalized spacial score (nSPS) is 18.2. The molecule has 1 aliphatic heterocycles. The van der Waals surface area contributed by atoms with E-state index in [0.29, 0.717) is 12.5 Å². The number of ether oxygens (including phenoxy) is 1. The molecule has 0 spiro atoms. The smallest absolute Gasteiger partial charge is 0.124 e. The third-order valence-corrected chi connectivity index (χ3v) is 3.17. The van der Waals surface area contributed by atoms with Crippen molar-refractivity contribution >= 4 is 11.6 Å². The van der Waals surface area contributed by atoms with Gasteiger partial charge in [-0.05, 0) is 6.07 Å². The Morgan fingerprint density at radius 3 is 3.19 bits per heavy atom. The second-order valence-electron chi connectivity index (χ2n) is 3.79. The second kappa shape index (κ2) is 3.83. The van der Waals surface area contributed by atoms with Gasteiger partial charge in [0.1, 0.15) is 12.4 Å². The Labute approximate surface area is 98.6 Å². The Balaban J connectivity index is 2.04. The van der Waals surface area contributed by atoms with Crippen LogP contribution in [0.15, 0.2) is 36.8 Å². The summed E-state index contributed by atoms with van der Waals surface area (Å²) in [5.41, 5.74) is 2.22. The van der Waals surface area contributed by atoms with Gasteiger partial charge in [0.15, 0.2) is 0 Å². The number of alkyl halides is 1. The molecule has 0 aliphatic carbocycles. The lowest BCUT2D eigenvalue weighted by atomic mass is 10.1. The number of rotatable bonds is 2. The number of nitrogens with zero attached hydrogens (tertiary/aromatic N) is 2. The van der Waals surface area contributed by atoms with Crippen LogP contribution < -0.4 is 4.74 Å². The first-order valence-electron chi connectivity index (χ1n) is 5.18. The average molecular weight is 235 g/mol. The van der Waals surface area contributed by atoms with Crippen molar-refractivity contribution in [3.8, 4) is 5.75 Å². The Morgan fingerprint density at radius 2 is 2.31 bits per heavy atom. The molecule has 0 bridgehead atoms. The van der Waals surface area contributed by atoms with E-state index in [1.54, 1.807) is 6.20 Å². The molecule has 0 fully saturated rings. The third kappa shape index (κ3) is 1.39. The van der Waals surface area contributed by atoms with Crippen molar-refractivity contribution in [1.82, 2.24) is 9.55 Å². The fraction of sp³-hybridized carbons (Fsp3) is 0.250. The number of fused-ring (bicyclic) bond motifs is 1. The highest BCUT2D eigenvalue weighted by atomic mass is 35.5. The van der Waals surface area contributed by atoms with Gasteiger partial charge in [-0.3, -0.25) is 0 Å². The van der Waals surface area contributed by atoms with Crippen molar-refractivity contribution in [2.75, 3.05) is 6.61 Å². The summed E-state index contributed by atoms with van der Waals surface area (Å²) in [6, 6.07) is 8.29. The fourth-order valence-corrected chi connectivity index (χ4v) is 2.30.